The summed E-state index contributed by atoms with van der Waals surface area (Å²) in [6.07, 6.45) is 1.65. The lowest BCUT2D eigenvalue weighted by Crippen LogP contribution is -2.27. The van der Waals surface area contributed by atoms with E-state index in [2.05, 4.69) is 10.3 Å². The zero-order valence-corrected chi connectivity index (χ0v) is 14.2. The van der Waals surface area contributed by atoms with E-state index in [0.29, 0.717) is 0 Å². The van der Waals surface area contributed by atoms with Gasteiger partial charge in [-0.15, -0.1) is 0 Å². The number of benzene rings is 2. The van der Waals surface area contributed by atoms with Crippen LogP contribution >= 0.6 is 0 Å². The molecule has 0 radical (unpaired) electrons. The first-order valence-corrected chi connectivity index (χ1v) is 8.15. The molecule has 0 spiro atoms. The van der Waals surface area contributed by atoms with Gasteiger partial charge in [-0.1, -0.05) is 48.5 Å². The number of para-hydroxylation sites is 1. The number of nitrogens with zero attached hydrogens (tertiary/aromatic N) is 1. The van der Waals surface area contributed by atoms with Gasteiger partial charge in [0.1, 0.15) is 11.6 Å². The normalized spacial score (nSPS) is 12.6. The van der Waals surface area contributed by atoms with Crippen LogP contribution in [0, 0.1) is 18.3 Å². The SMILES string of the molecule is Cc1[nH]c2ccccc2c1C=C(C#N)C(=O)NC(C)c1ccccc1. The smallest absolute Gasteiger partial charge is 0.262 e. The van der Waals surface area contributed by atoms with Gasteiger partial charge in [-0.05, 0) is 31.6 Å². The number of carbonyl (C=O) groups excluding carboxylic acids is 1. The number of aryl methyl sites for hydroxylation is 1. The number of nitriles is 1. The van der Waals surface area contributed by atoms with Crippen molar-refractivity contribution in [2.24, 2.45) is 0 Å². The van der Waals surface area contributed by atoms with E-state index in [1.807, 2.05) is 74.5 Å². The van der Waals surface area contributed by atoms with Crippen molar-refractivity contribution in [2.45, 2.75) is 19.9 Å². The molecule has 4 nitrogen and oxygen atoms in total. The molecular weight excluding hydrogens is 310 g/mol. The molecule has 2 aromatic carbocycles. The first-order valence-electron chi connectivity index (χ1n) is 8.15. The van der Waals surface area contributed by atoms with Gasteiger partial charge < -0.3 is 10.3 Å². The van der Waals surface area contributed by atoms with Crippen molar-refractivity contribution in [1.82, 2.24) is 10.3 Å². The molecule has 1 amide bonds. The summed E-state index contributed by atoms with van der Waals surface area (Å²) in [5.41, 5.74) is 3.88. The van der Waals surface area contributed by atoms with Crippen molar-refractivity contribution in [3.63, 3.8) is 0 Å². The maximum Gasteiger partial charge on any atom is 0.262 e. The van der Waals surface area contributed by atoms with Crippen LogP contribution in [-0.4, -0.2) is 10.9 Å². The Kier molecular flexibility index (Phi) is 4.67. The highest BCUT2D eigenvalue weighted by Gasteiger charge is 2.15. The fraction of sp³-hybridized carbons (Fsp3) is 0.143. The number of H-pyrrole nitrogens is 1. The number of rotatable bonds is 4. The van der Waals surface area contributed by atoms with Gasteiger partial charge in [-0.3, -0.25) is 4.79 Å². The van der Waals surface area contributed by atoms with Crippen molar-refractivity contribution in [3.05, 3.63) is 77.0 Å². The lowest BCUT2D eigenvalue weighted by atomic mass is 10.1. The highest BCUT2D eigenvalue weighted by Crippen LogP contribution is 2.24. The second-order valence-corrected chi connectivity index (χ2v) is 5.98. The largest absolute Gasteiger partial charge is 0.358 e. The van der Waals surface area contributed by atoms with Crippen molar-refractivity contribution in [3.8, 4) is 6.07 Å². The number of aromatic amines is 1. The van der Waals surface area contributed by atoms with Crippen molar-refractivity contribution in [2.75, 3.05) is 0 Å². The van der Waals surface area contributed by atoms with E-state index in [0.717, 1.165) is 27.7 Å². The minimum absolute atomic E-state index is 0.0932. The molecule has 3 rings (SSSR count). The van der Waals surface area contributed by atoms with Crippen LogP contribution in [-0.2, 0) is 4.79 Å². The lowest BCUT2D eigenvalue weighted by Gasteiger charge is -2.13. The van der Waals surface area contributed by atoms with E-state index in [-0.39, 0.29) is 17.5 Å². The first-order chi connectivity index (χ1) is 12.1. The molecule has 1 heterocycles. The molecule has 1 atom stereocenters. The van der Waals surface area contributed by atoms with Gasteiger partial charge >= 0.3 is 0 Å². The Hall–Kier alpha value is -3.32. The monoisotopic (exact) mass is 329 g/mol. The average Bonchev–Trinajstić information content (AvgIpc) is 2.95. The van der Waals surface area contributed by atoms with Crippen molar-refractivity contribution in [1.29, 1.82) is 5.26 Å². The van der Waals surface area contributed by atoms with E-state index in [4.69, 9.17) is 0 Å². The first kappa shape index (κ1) is 16.5. The third-order valence-electron chi connectivity index (χ3n) is 4.24. The molecule has 3 aromatic rings. The third kappa shape index (κ3) is 3.46. The molecule has 25 heavy (non-hydrogen) atoms. The van der Waals surface area contributed by atoms with Gasteiger partial charge in [0.2, 0.25) is 0 Å². The van der Waals surface area contributed by atoms with Gasteiger partial charge in [-0.2, -0.15) is 5.26 Å². The summed E-state index contributed by atoms with van der Waals surface area (Å²) in [6, 6.07) is 19.4. The number of amides is 1. The van der Waals surface area contributed by atoms with Crippen LogP contribution < -0.4 is 5.32 Å². The number of hydrogen-bond acceptors (Lipinski definition) is 2. The predicted molar refractivity (Wildman–Crippen MR) is 99.6 cm³/mol. The van der Waals surface area contributed by atoms with Crippen LogP contribution in [0.25, 0.3) is 17.0 Å². The standard InChI is InChI=1S/C21H19N3O/c1-14(16-8-4-3-5-9-16)24-21(25)17(13-22)12-19-15(2)23-20-11-7-6-10-18(19)20/h3-12,14,23H,1-2H3,(H,24,25). The van der Waals surface area contributed by atoms with E-state index in [1.165, 1.54) is 0 Å². The van der Waals surface area contributed by atoms with E-state index in [1.54, 1.807) is 6.08 Å². The molecule has 0 aliphatic heterocycles. The molecule has 0 aliphatic carbocycles. The van der Waals surface area contributed by atoms with E-state index < -0.39 is 0 Å². The minimum atomic E-state index is -0.372. The molecule has 0 aliphatic rings. The fourth-order valence-electron chi connectivity index (χ4n) is 2.88. The van der Waals surface area contributed by atoms with Crippen LogP contribution in [0.3, 0.4) is 0 Å². The zero-order valence-electron chi connectivity index (χ0n) is 14.2. The van der Waals surface area contributed by atoms with Crippen molar-refractivity contribution >= 4 is 22.9 Å². The molecule has 1 unspecified atom stereocenters. The predicted octanol–water partition coefficient (Wildman–Crippen LogP) is 4.26. The topological polar surface area (TPSA) is 68.7 Å². The Morgan fingerprint density at radius 3 is 2.56 bits per heavy atom. The molecule has 2 N–H and O–H groups in total. The Balaban J connectivity index is 1.89. The molecule has 0 saturated carbocycles. The fourth-order valence-corrected chi connectivity index (χ4v) is 2.88. The Morgan fingerprint density at radius 1 is 1.16 bits per heavy atom. The molecule has 1 aromatic heterocycles. The maximum absolute atomic E-state index is 12.5. The summed E-state index contributed by atoms with van der Waals surface area (Å²) in [5, 5.41) is 13.3. The van der Waals surface area contributed by atoms with Gasteiger partial charge in [0.15, 0.2) is 0 Å². The second kappa shape index (κ2) is 7.06. The van der Waals surface area contributed by atoms with E-state index >= 15 is 0 Å². The van der Waals surface area contributed by atoms with E-state index in [9.17, 15) is 10.1 Å². The Bertz CT molecular complexity index is 977. The summed E-state index contributed by atoms with van der Waals surface area (Å²) in [5.74, 6) is -0.372. The third-order valence-corrected chi connectivity index (χ3v) is 4.24. The molecule has 0 saturated heterocycles. The average molecular weight is 329 g/mol. The molecule has 4 heteroatoms. The quantitative estimate of drug-likeness (QED) is 0.554. The van der Waals surface area contributed by atoms with Crippen LogP contribution in [0.4, 0.5) is 0 Å². The highest BCUT2D eigenvalue weighted by molar-refractivity contribution is 6.04. The van der Waals surface area contributed by atoms with Gasteiger partial charge in [-0.25, -0.2) is 0 Å². The second-order valence-electron chi connectivity index (χ2n) is 5.98. The van der Waals surface area contributed by atoms with Crippen LogP contribution in [0.15, 0.2) is 60.2 Å². The summed E-state index contributed by atoms with van der Waals surface area (Å²) in [7, 11) is 0. The molecule has 0 bridgehead atoms. The lowest BCUT2D eigenvalue weighted by molar-refractivity contribution is -0.117. The number of aromatic nitrogens is 1. The molecule has 124 valence electrons. The number of nitrogens with one attached hydrogen (secondary N) is 2. The highest BCUT2D eigenvalue weighted by atomic mass is 16.1. The number of fused-ring (bicyclic) bond motifs is 1. The summed E-state index contributed by atoms with van der Waals surface area (Å²) in [4.78, 5) is 15.8. The summed E-state index contributed by atoms with van der Waals surface area (Å²) >= 11 is 0. The summed E-state index contributed by atoms with van der Waals surface area (Å²) in [6.45, 7) is 3.84. The van der Waals surface area contributed by atoms with Crippen LogP contribution in [0.5, 0.6) is 0 Å². The minimum Gasteiger partial charge on any atom is -0.358 e. The van der Waals surface area contributed by atoms with Gasteiger partial charge in [0.05, 0.1) is 6.04 Å². The molecular formula is C21H19N3O. The zero-order chi connectivity index (χ0) is 17.8. The molecule has 0 fully saturated rings. The number of carbonyl (C=O) groups is 1. The maximum atomic E-state index is 12.5. The van der Waals surface area contributed by atoms with Crippen molar-refractivity contribution < 1.29 is 4.79 Å². The van der Waals surface area contributed by atoms with Gasteiger partial charge in [0, 0.05) is 22.2 Å². The van der Waals surface area contributed by atoms with Crippen LogP contribution in [0.2, 0.25) is 0 Å². The van der Waals surface area contributed by atoms with Gasteiger partial charge in [0.25, 0.3) is 5.91 Å². The Morgan fingerprint density at radius 2 is 1.84 bits per heavy atom. The Labute approximate surface area is 146 Å². The number of hydrogen-bond donors (Lipinski definition) is 2. The summed E-state index contributed by atoms with van der Waals surface area (Å²) < 4.78 is 0. The van der Waals surface area contributed by atoms with Crippen LogP contribution in [0.1, 0.15) is 29.8 Å².